The third-order valence-electron chi connectivity index (χ3n) is 6.76. The number of piperazine rings is 1. The van der Waals surface area contributed by atoms with Crippen molar-refractivity contribution in [2.45, 2.75) is 19.1 Å². The molecule has 10 nitrogen and oxygen atoms in total. The van der Waals surface area contributed by atoms with E-state index in [1.54, 1.807) is 48.5 Å². The summed E-state index contributed by atoms with van der Waals surface area (Å²) in [6, 6.07) is 18.7. The van der Waals surface area contributed by atoms with Crippen molar-refractivity contribution in [3.05, 3.63) is 95.3 Å². The van der Waals surface area contributed by atoms with Crippen LogP contribution in [0, 0.1) is 17.7 Å². The van der Waals surface area contributed by atoms with Gasteiger partial charge in [0.05, 0.1) is 12.6 Å². The monoisotopic (exact) mass is 573 g/mol. The molecule has 2 atom stereocenters. The molecular formula is C31H32FN5O5. The van der Waals surface area contributed by atoms with Crippen LogP contribution in [0.15, 0.2) is 72.8 Å². The summed E-state index contributed by atoms with van der Waals surface area (Å²) < 4.78 is 13.2. The second-order valence-electron chi connectivity index (χ2n) is 9.86. The predicted molar refractivity (Wildman–Crippen MR) is 155 cm³/mol. The number of nitrogens with zero attached hydrogens (tertiary/aromatic N) is 2. The molecule has 218 valence electrons. The Kier molecular flexibility index (Phi) is 10.2. The van der Waals surface area contributed by atoms with E-state index >= 15 is 0 Å². The number of hydroxylamine groups is 1. The van der Waals surface area contributed by atoms with Crippen LogP contribution in [-0.4, -0.2) is 77.8 Å². The molecule has 0 bridgehead atoms. The highest BCUT2D eigenvalue weighted by Crippen LogP contribution is 2.17. The number of carbonyl (C=O) groups is 3. The number of anilines is 2. The first-order chi connectivity index (χ1) is 20.2. The van der Waals surface area contributed by atoms with Crippen molar-refractivity contribution in [3.8, 4) is 11.8 Å². The first kappa shape index (κ1) is 30.2. The second-order valence-corrected chi connectivity index (χ2v) is 9.86. The first-order valence-electron chi connectivity index (χ1n) is 13.4. The Hall–Kier alpha value is -4.76. The number of aliphatic hydroxyl groups is 1. The standard InChI is InChI=1S/C31H32FN5O5/c1-21(38)29(31(41)35-42)34-30(40)24-8-4-22(5-9-24)2-3-23-6-12-26(13-7-23)33-28(39)20-36-16-18-37(19-17-36)27-14-10-25(32)11-15-27/h4-15,21,29,38,42H,16-20H2,1H3,(H,33,39)(H,34,40)(H,35,41)/t21-,29+/m1/s1. The van der Waals surface area contributed by atoms with Gasteiger partial charge in [-0.25, -0.2) is 9.87 Å². The van der Waals surface area contributed by atoms with Crippen LogP contribution in [0.25, 0.3) is 0 Å². The second kappa shape index (κ2) is 14.2. The number of carbonyl (C=O) groups excluding carboxylic acids is 3. The molecule has 1 aliphatic heterocycles. The fourth-order valence-corrected chi connectivity index (χ4v) is 4.41. The van der Waals surface area contributed by atoms with Crippen molar-refractivity contribution in [1.29, 1.82) is 0 Å². The van der Waals surface area contributed by atoms with Crippen molar-refractivity contribution in [3.63, 3.8) is 0 Å². The van der Waals surface area contributed by atoms with Crippen LogP contribution in [0.4, 0.5) is 15.8 Å². The Balaban J connectivity index is 1.24. The summed E-state index contributed by atoms with van der Waals surface area (Å²) >= 11 is 0. The number of amides is 3. The van der Waals surface area contributed by atoms with E-state index in [0.29, 0.717) is 11.3 Å². The number of rotatable bonds is 8. The quantitative estimate of drug-likeness (QED) is 0.158. The van der Waals surface area contributed by atoms with Gasteiger partial charge in [-0.15, -0.1) is 0 Å². The van der Waals surface area contributed by atoms with Gasteiger partial charge in [0.1, 0.15) is 11.9 Å². The van der Waals surface area contributed by atoms with E-state index in [0.717, 1.165) is 37.4 Å². The lowest BCUT2D eigenvalue weighted by molar-refractivity contribution is -0.133. The smallest absolute Gasteiger partial charge is 0.268 e. The Bertz CT molecular complexity index is 1440. The van der Waals surface area contributed by atoms with E-state index < -0.39 is 24.0 Å². The van der Waals surface area contributed by atoms with Gasteiger partial charge < -0.3 is 20.6 Å². The van der Waals surface area contributed by atoms with Crippen LogP contribution in [-0.2, 0) is 9.59 Å². The molecule has 3 aromatic carbocycles. The molecule has 0 aliphatic carbocycles. The van der Waals surface area contributed by atoms with Crippen LogP contribution in [0.3, 0.4) is 0 Å². The fourth-order valence-electron chi connectivity index (χ4n) is 4.41. The molecule has 42 heavy (non-hydrogen) atoms. The third kappa shape index (κ3) is 8.37. The zero-order chi connectivity index (χ0) is 30.1. The van der Waals surface area contributed by atoms with Gasteiger partial charge in [0.25, 0.3) is 11.8 Å². The van der Waals surface area contributed by atoms with Gasteiger partial charge >= 0.3 is 0 Å². The summed E-state index contributed by atoms with van der Waals surface area (Å²) in [6.07, 6.45) is -1.21. The van der Waals surface area contributed by atoms with Crippen molar-refractivity contribution >= 4 is 29.1 Å². The minimum absolute atomic E-state index is 0.107. The van der Waals surface area contributed by atoms with Gasteiger partial charge in [-0.3, -0.25) is 24.5 Å². The molecule has 11 heteroatoms. The summed E-state index contributed by atoms with van der Waals surface area (Å²) in [5.41, 5.74) is 4.70. The summed E-state index contributed by atoms with van der Waals surface area (Å²) in [4.78, 5) is 40.9. The molecular weight excluding hydrogens is 541 g/mol. The van der Waals surface area contributed by atoms with E-state index in [1.807, 2.05) is 0 Å². The summed E-state index contributed by atoms with van der Waals surface area (Å²) in [5, 5.41) is 23.7. The summed E-state index contributed by atoms with van der Waals surface area (Å²) in [7, 11) is 0. The molecule has 0 spiro atoms. The first-order valence-corrected chi connectivity index (χ1v) is 13.4. The Morgan fingerprint density at radius 2 is 1.45 bits per heavy atom. The van der Waals surface area contributed by atoms with Gasteiger partial charge in [-0.05, 0) is 79.7 Å². The minimum Gasteiger partial charge on any atom is -0.391 e. The molecule has 5 N–H and O–H groups in total. The lowest BCUT2D eigenvalue weighted by atomic mass is 10.1. The minimum atomic E-state index is -1.31. The van der Waals surface area contributed by atoms with Crippen LogP contribution < -0.4 is 21.0 Å². The van der Waals surface area contributed by atoms with Crippen LogP contribution in [0.2, 0.25) is 0 Å². The van der Waals surface area contributed by atoms with Crippen molar-refractivity contribution in [1.82, 2.24) is 15.7 Å². The maximum absolute atomic E-state index is 13.2. The lowest BCUT2D eigenvalue weighted by Gasteiger charge is -2.35. The highest BCUT2D eigenvalue weighted by Gasteiger charge is 2.25. The largest absolute Gasteiger partial charge is 0.391 e. The van der Waals surface area contributed by atoms with Gasteiger partial charge in [0.2, 0.25) is 5.91 Å². The molecule has 4 rings (SSSR count). The number of hydrogen-bond donors (Lipinski definition) is 5. The predicted octanol–water partition coefficient (Wildman–Crippen LogP) is 1.97. The van der Waals surface area contributed by atoms with E-state index in [4.69, 9.17) is 5.21 Å². The molecule has 0 aromatic heterocycles. The summed E-state index contributed by atoms with van der Waals surface area (Å²) in [6.45, 7) is 4.58. The van der Waals surface area contributed by atoms with Crippen molar-refractivity contribution < 1.29 is 29.1 Å². The highest BCUT2D eigenvalue weighted by molar-refractivity contribution is 5.97. The summed E-state index contributed by atoms with van der Waals surface area (Å²) in [5.74, 6) is 4.17. The zero-order valence-corrected chi connectivity index (χ0v) is 23.0. The number of benzene rings is 3. The lowest BCUT2D eigenvalue weighted by Crippen LogP contribution is -2.51. The topological polar surface area (TPSA) is 134 Å². The molecule has 1 saturated heterocycles. The van der Waals surface area contributed by atoms with Gasteiger partial charge in [-0.1, -0.05) is 11.8 Å². The van der Waals surface area contributed by atoms with Gasteiger partial charge in [0.15, 0.2) is 0 Å². The van der Waals surface area contributed by atoms with E-state index in [-0.39, 0.29) is 23.8 Å². The van der Waals surface area contributed by atoms with E-state index in [2.05, 4.69) is 32.3 Å². The molecule has 1 heterocycles. The third-order valence-corrected chi connectivity index (χ3v) is 6.76. The maximum Gasteiger partial charge on any atom is 0.268 e. The van der Waals surface area contributed by atoms with Crippen LogP contribution in [0.5, 0.6) is 0 Å². The average molecular weight is 574 g/mol. The maximum atomic E-state index is 13.2. The number of nitrogens with one attached hydrogen (secondary N) is 3. The molecule has 0 saturated carbocycles. The fraction of sp³-hybridized carbons (Fsp3) is 0.258. The van der Waals surface area contributed by atoms with Crippen molar-refractivity contribution in [2.75, 3.05) is 42.9 Å². The molecule has 1 aliphatic rings. The van der Waals surface area contributed by atoms with Crippen LogP contribution in [0.1, 0.15) is 28.4 Å². The Labute approximate surface area is 243 Å². The number of halogens is 1. The molecule has 3 aromatic rings. The molecule has 3 amide bonds. The Morgan fingerprint density at radius 3 is 2.00 bits per heavy atom. The zero-order valence-electron chi connectivity index (χ0n) is 23.0. The van der Waals surface area contributed by atoms with E-state index in [9.17, 15) is 23.9 Å². The van der Waals surface area contributed by atoms with Gasteiger partial charge in [-0.2, -0.15) is 0 Å². The molecule has 0 unspecified atom stereocenters. The average Bonchev–Trinajstić information content (AvgIpc) is 3.00. The SMILES string of the molecule is C[C@@H](O)[C@H](NC(=O)c1ccc(C#Cc2ccc(NC(=O)CN3CCN(c4ccc(F)cc4)CC3)cc2)cc1)C(=O)NO. The van der Waals surface area contributed by atoms with Crippen molar-refractivity contribution in [2.24, 2.45) is 0 Å². The molecule has 1 fully saturated rings. The number of hydrogen-bond acceptors (Lipinski definition) is 7. The normalized spacial score (nSPS) is 14.6. The van der Waals surface area contributed by atoms with E-state index in [1.165, 1.54) is 36.7 Å². The van der Waals surface area contributed by atoms with Crippen LogP contribution >= 0.6 is 0 Å². The molecule has 0 radical (unpaired) electrons. The highest BCUT2D eigenvalue weighted by atomic mass is 19.1. The Morgan fingerprint density at radius 1 is 0.881 bits per heavy atom. The number of aliphatic hydroxyl groups excluding tert-OH is 1. The van der Waals surface area contributed by atoms with Gasteiger partial charge in [0, 0.05) is 54.2 Å².